The van der Waals surface area contributed by atoms with E-state index in [9.17, 15) is 9.90 Å². The number of rotatable bonds is 3. The number of H-pyrrole nitrogens is 1. The molecule has 0 spiro atoms. The molecule has 1 aliphatic heterocycles. The van der Waals surface area contributed by atoms with Crippen LogP contribution in [0.3, 0.4) is 0 Å². The van der Waals surface area contributed by atoms with Gasteiger partial charge in [-0.1, -0.05) is 40.2 Å². The minimum Gasteiger partial charge on any atom is -0.480 e. The molecule has 2 N–H and O–H groups in total. The summed E-state index contributed by atoms with van der Waals surface area (Å²) in [5, 5.41) is 10.9. The molecule has 1 aliphatic rings. The van der Waals surface area contributed by atoms with Crippen LogP contribution in [0.15, 0.2) is 53.1 Å². The SMILES string of the molecule is O=C(O)[C@H](c1c[nH]c2ccc(Br)cc12)N1CCc2ccccc2C1. The highest BCUT2D eigenvalue weighted by atomic mass is 79.9. The normalized spacial score (nSPS) is 16.0. The molecule has 2 aromatic carbocycles. The Balaban J connectivity index is 1.75. The molecular weight excluding hydrogens is 368 g/mol. The molecule has 122 valence electrons. The van der Waals surface area contributed by atoms with Crippen LogP contribution in [0.4, 0.5) is 0 Å². The van der Waals surface area contributed by atoms with Gasteiger partial charge in [0.1, 0.15) is 6.04 Å². The number of nitrogens with one attached hydrogen (secondary N) is 1. The molecule has 1 aromatic heterocycles. The Morgan fingerprint density at radius 1 is 1.21 bits per heavy atom. The summed E-state index contributed by atoms with van der Waals surface area (Å²) in [6.07, 6.45) is 2.71. The quantitative estimate of drug-likeness (QED) is 0.714. The molecule has 0 unspecified atom stereocenters. The van der Waals surface area contributed by atoms with Gasteiger partial charge in [-0.15, -0.1) is 0 Å². The Kier molecular flexibility index (Phi) is 3.90. The van der Waals surface area contributed by atoms with E-state index in [1.54, 1.807) is 0 Å². The van der Waals surface area contributed by atoms with Crippen molar-refractivity contribution in [2.75, 3.05) is 6.54 Å². The summed E-state index contributed by atoms with van der Waals surface area (Å²) in [7, 11) is 0. The van der Waals surface area contributed by atoms with Crippen molar-refractivity contribution in [3.8, 4) is 0 Å². The molecule has 1 atom stereocenters. The van der Waals surface area contributed by atoms with Crippen molar-refractivity contribution in [3.63, 3.8) is 0 Å². The van der Waals surface area contributed by atoms with E-state index in [2.05, 4.69) is 33.0 Å². The molecule has 5 heteroatoms. The van der Waals surface area contributed by atoms with Gasteiger partial charge in [-0.3, -0.25) is 9.69 Å². The number of carboxylic acid groups (broad SMARTS) is 1. The lowest BCUT2D eigenvalue weighted by Gasteiger charge is -2.33. The van der Waals surface area contributed by atoms with Gasteiger partial charge in [0.25, 0.3) is 0 Å². The van der Waals surface area contributed by atoms with Gasteiger partial charge in [-0.2, -0.15) is 0 Å². The molecule has 4 nitrogen and oxygen atoms in total. The number of carboxylic acids is 1. The summed E-state index contributed by atoms with van der Waals surface area (Å²) in [6, 6.07) is 13.5. The molecule has 0 radical (unpaired) electrons. The van der Waals surface area contributed by atoms with Crippen molar-refractivity contribution in [1.29, 1.82) is 0 Å². The molecule has 3 aromatic rings. The smallest absolute Gasteiger partial charge is 0.325 e. The van der Waals surface area contributed by atoms with E-state index in [-0.39, 0.29) is 0 Å². The van der Waals surface area contributed by atoms with Crippen LogP contribution in [-0.2, 0) is 17.8 Å². The third kappa shape index (κ3) is 2.64. The monoisotopic (exact) mass is 384 g/mol. The van der Waals surface area contributed by atoms with Crippen LogP contribution in [0.25, 0.3) is 10.9 Å². The third-order valence-electron chi connectivity index (χ3n) is 4.73. The average Bonchev–Trinajstić information content (AvgIpc) is 2.97. The predicted octanol–water partition coefficient (Wildman–Crippen LogP) is 4.11. The summed E-state index contributed by atoms with van der Waals surface area (Å²) in [4.78, 5) is 17.3. The number of aromatic amines is 1. The van der Waals surface area contributed by atoms with E-state index < -0.39 is 12.0 Å². The standard InChI is InChI=1S/C19H17BrN2O2/c20-14-5-6-17-15(9-14)16(10-21-17)18(19(23)24)22-8-7-12-3-1-2-4-13(12)11-22/h1-6,9-10,18,21H,7-8,11H2,(H,23,24)/t18-/m0/s1. The molecule has 24 heavy (non-hydrogen) atoms. The lowest BCUT2D eigenvalue weighted by molar-refractivity contribution is -0.144. The lowest BCUT2D eigenvalue weighted by atomic mass is 9.96. The average molecular weight is 385 g/mol. The Bertz CT molecular complexity index is 919. The number of fused-ring (bicyclic) bond motifs is 2. The topological polar surface area (TPSA) is 56.3 Å². The van der Waals surface area contributed by atoms with Gasteiger partial charge in [0.2, 0.25) is 0 Å². The van der Waals surface area contributed by atoms with Gasteiger partial charge in [-0.25, -0.2) is 0 Å². The van der Waals surface area contributed by atoms with E-state index in [4.69, 9.17) is 0 Å². The Hall–Kier alpha value is -2.11. The van der Waals surface area contributed by atoms with Gasteiger partial charge in [0.15, 0.2) is 0 Å². The maximum atomic E-state index is 12.1. The minimum atomic E-state index is -0.810. The first-order chi connectivity index (χ1) is 11.6. The molecule has 2 heterocycles. The zero-order chi connectivity index (χ0) is 16.7. The van der Waals surface area contributed by atoms with E-state index in [1.807, 2.05) is 41.4 Å². The summed E-state index contributed by atoms with van der Waals surface area (Å²) in [5.74, 6) is -0.810. The number of nitrogens with zero attached hydrogens (tertiary/aromatic N) is 1. The highest BCUT2D eigenvalue weighted by molar-refractivity contribution is 9.10. The second-order valence-electron chi connectivity index (χ2n) is 6.16. The predicted molar refractivity (Wildman–Crippen MR) is 96.9 cm³/mol. The van der Waals surface area contributed by atoms with Crippen LogP contribution in [0.5, 0.6) is 0 Å². The second kappa shape index (κ2) is 6.07. The van der Waals surface area contributed by atoms with Crippen molar-refractivity contribution >= 4 is 32.8 Å². The Morgan fingerprint density at radius 2 is 2.00 bits per heavy atom. The number of hydrogen-bond donors (Lipinski definition) is 2. The van der Waals surface area contributed by atoms with E-state index in [0.29, 0.717) is 6.54 Å². The van der Waals surface area contributed by atoms with Crippen LogP contribution >= 0.6 is 15.9 Å². The van der Waals surface area contributed by atoms with Crippen molar-refractivity contribution in [3.05, 3.63) is 69.8 Å². The van der Waals surface area contributed by atoms with Crippen LogP contribution in [0.1, 0.15) is 22.7 Å². The number of hydrogen-bond acceptors (Lipinski definition) is 2. The van der Waals surface area contributed by atoms with E-state index >= 15 is 0 Å². The first-order valence-corrected chi connectivity index (χ1v) is 8.73. The molecule has 0 bridgehead atoms. The summed E-state index contributed by atoms with van der Waals surface area (Å²) >= 11 is 3.48. The van der Waals surface area contributed by atoms with Crippen LogP contribution in [-0.4, -0.2) is 27.5 Å². The summed E-state index contributed by atoms with van der Waals surface area (Å²) in [6.45, 7) is 1.41. The van der Waals surface area contributed by atoms with Gasteiger partial charge < -0.3 is 10.1 Å². The van der Waals surface area contributed by atoms with E-state index in [0.717, 1.165) is 33.9 Å². The van der Waals surface area contributed by atoms with Crippen molar-refractivity contribution < 1.29 is 9.90 Å². The lowest BCUT2D eigenvalue weighted by Crippen LogP contribution is -2.38. The maximum absolute atomic E-state index is 12.1. The molecule has 0 aliphatic carbocycles. The number of halogens is 1. The molecular formula is C19H17BrN2O2. The fraction of sp³-hybridized carbons (Fsp3) is 0.211. The van der Waals surface area contributed by atoms with Crippen LogP contribution in [0, 0.1) is 0 Å². The van der Waals surface area contributed by atoms with Gasteiger partial charge in [0, 0.05) is 40.2 Å². The highest BCUT2D eigenvalue weighted by Gasteiger charge is 2.31. The number of aliphatic carboxylic acids is 1. The highest BCUT2D eigenvalue weighted by Crippen LogP contribution is 2.33. The largest absolute Gasteiger partial charge is 0.480 e. The van der Waals surface area contributed by atoms with Crippen LogP contribution < -0.4 is 0 Å². The fourth-order valence-corrected chi connectivity index (χ4v) is 3.93. The third-order valence-corrected chi connectivity index (χ3v) is 5.22. The summed E-state index contributed by atoms with van der Waals surface area (Å²) < 4.78 is 0.948. The molecule has 0 saturated carbocycles. The molecule has 0 saturated heterocycles. The number of aromatic nitrogens is 1. The van der Waals surface area contributed by atoms with Crippen molar-refractivity contribution in [1.82, 2.24) is 9.88 Å². The van der Waals surface area contributed by atoms with Gasteiger partial charge >= 0.3 is 5.97 Å². The fourth-order valence-electron chi connectivity index (χ4n) is 3.56. The molecule has 0 amide bonds. The van der Waals surface area contributed by atoms with Crippen molar-refractivity contribution in [2.45, 2.75) is 19.0 Å². The first kappa shape index (κ1) is 15.4. The Labute approximate surface area is 148 Å². The second-order valence-corrected chi connectivity index (χ2v) is 7.08. The van der Waals surface area contributed by atoms with Gasteiger partial charge in [0.05, 0.1) is 0 Å². The zero-order valence-electron chi connectivity index (χ0n) is 13.0. The number of benzene rings is 2. The van der Waals surface area contributed by atoms with E-state index in [1.165, 1.54) is 11.1 Å². The van der Waals surface area contributed by atoms with Crippen molar-refractivity contribution in [2.24, 2.45) is 0 Å². The molecule has 0 fully saturated rings. The zero-order valence-corrected chi connectivity index (χ0v) is 14.6. The van der Waals surface area contributed by atoms with Gasteiger partial charge in [-0.05, 0) is 35.7 Å². The number of carbonyl (C=O) groups is 1. The molecule has 4 rings (SSSR count). The summed E-state index contributed by atoms with van der Waals surface area (Å²) in [5.41, 5.74) is 4.31. The maximum Gasteiger partial charge on any atom is 0.325 e. The van der Waals surface area contributed by atoms with Crippen LogP contribution in [0.2, 0.25) is 0 Å². The minimum absolute atomic E-state index is 0.651. The Morgan fingerprint density at radius 3 is 2.79 bits per heavy atom. The first-order valence-electron chi connectivity index (χ1n) is 7.93.